The summed E-state index contributed by atoms with van der Waals surface area (Å²) < 4.78 is 5.40. The lowest BCUT2D eigenvalue weighted by molar-refractivity contribution is -0.160. The Bertz CT molecular complexity index is 759. The maximum atomic E-state index is 13.0. The lowest BCUT2D eigenvalue weighted by Crippen LogP contribution is -2.51. The molecule has 0 saturated carbocycles. The molecule has 1 fully saturated rings. The zero-order valence-corrected chi connectivity index (χ0v) is 14.1. The minimum atomic E-state index is -1.04. The van der Waals surface area contributed by atoms with Crippen molar-refractivity contribution in [1.29, 1.82) is 0 Å². The maximum absolute atomic E-state index is 13.0. The molecule has 1 aliphatic heterocycles. The average Bonchev–Trinajstić information content (AvgIpc) is 2.62. The third-order valence-electron chi connectivity index (χ3n) is 4.31. The Morgan fingerprint density at radius 2 is 1.76 bits per heavy atom. The van der Waals surface area contributed by atoms with E-state index in [-0.39, 0.29) is 18.6 Å². The number of carbonyl (C=O) groups is 2. The molecule has 0 spiro atoms. The van der Waals surface area contributed by atoms with Gasteiger partial charge in [-0.15, -0.1) is 0 Å². The van der Waals surface area contributed by atoms with E-state index >= 15 is 0 Å². The number of carboxylic acids is 1. The summed E-state index contributed by atoms with van der Waals surface area (Å²) in [6.07, 6.45) is -0.626. The van der Waals surface area contributed by atoms with Gasteiger partial charge in [0.2, 0.25) is 0 Å². The van der Waals surface area contributed by atoms with Crippen molar-refractivity contribution in [1.82, 2.24) is 4.90 Å². The van der Waals surface area contributed by atoms with E-state index in [0.29, 0.717) is 18.5 Å². The third-order valence-corrected chi connectivity index (χ3v) is 4.31. The number of amides is 1. The highest BCUT2D eigenvalue weighted by Gasteiger charge is 2.33. The standard InChI is InChI=1S/C20H21NO4/c1-14-12-21(13-18(25-14)20(23)24)19(22)17-10-6-5-9-16(17)11-15-7-3-2-4-8-15/h2-10,14,18H,11-13H2,1H3,(H,23,24)/t14-,18?/m1/s1. The molecule has 1 aliphatic rings. The fourth-order valence-corrected chi connectivity index (χ4v) is 3.12. The predicted octanol–water partition coefficient (Wildman–Crippen LogP) is 2.59. The number of nitrogens with zero attached hydrogens (tertiary/aromatic N) is 1. The second kappa shape index (κ2) is 7.49. The summed E-state index contributed by atoms with van der Waals surface area (Å²) in [5, 5.41) is 9.21. The Morgan fingerprint density at radius 1 is 1.08 bits per heavy atom. The molecule has 1 unspecified atom stereocenters. The molecule has 0 aliphatic carbocycles. The van der Waals surface area contributed by atoms with Crippen LogP contribution in [0.3, 0.4) is 0 Å². The molecule has 2 aromatic carbocycles. The lowest BCUT2D eigenvalue weighted by Gasteiger charge is -2.35. The van der Waals surface area contributed by atoms with Gasteiger partial charge in [0.05, 0.1) is 12.6 Å². The van der Waals surface area contributed by atoms with Crippen LogP contribution in [0.25, 0.3) is 0 Å². The van der Waals surface area contributed by atoms with Gasteiger partial charge in [-0.2, -0.15) is 0 Å². The maximum Gasteiger partial charge on any atom is 0.334 e. The van der Waals surface area contributed by atoms with Crippen molar-refractivity contribution in [2.45, 2.75) is 25.6 Å². The second-order valence-corrected chi connectivity index (χ2v) is 6.30. The van der Waals surface area contributed by atoms with Crippen LogP contribution in [0.15, 0.2) is 54.6 Å². The van der Waals surface area contributed by atoms with Crippen molar-refractivity contribution in [2.24, 2.45) is 0 Å². The van der Waals surface area contributed by atoms with Crippen molar-refractivity contribution in [3.63, 3.8) is 0 Å². The molecule has 5 heteroatoms. The minimum absolute atomic E-state index is 0.0676. The molecular formula is C20H21NO4. The number of morpholine rings is 1. The zero-order chi connectivity index (χ0) is 17.8. The van der Waals surface area contributed by atoms with Crippen LogP contribution in [0.5, 0.6) is 0 Å². The first-order valence-corrected chi connectivity index (χ1v) is 8.34. The van der Waals surface area contributed by atoms with Crippen LogP contribution in [0, 0.1) is 0 Å². The molecule has 0 aromatic heterocycles. The first-order chi connectivity index (χ1) is 12.0. The SMILES string of the molecule is C[C@@H]1CN(C(=O)c2ccccc2Cc2ccccc2)CC(C(=O)O)O1. The monoisotopic (exact) mass is 339 g/mol. The highest BCUT2D eigenvalue weighted by Crippen LogP contribution is 2.19. The molecule has 1 amide bonds. The lowest BCUT2D eigenvalue weighted by atomic mass is 9.98. The van der Waals surface area contributed by atoms with E-state index in [1.54, 1.807) is 17.9 Å². The molecule has 1 saturated heterocycles. The van der Waals surface area contributed by atoms with Crippen LogP contribution in [0.4, 0.5) is 0 Å². The number of carboxylic acid groups (broad SMARTS) is 1. The number of aliphatic carboxylic acids is 1. The van der Waals surface area contributed by atoms with Crippen molar-refractivity contribution in [3.05, 3.63) is 71.3 Å². The quantitative estimate of drug-likeness (QED) is 0.930. The fourth-order valence-electron chi connectivity index (χ4n) is 3.12. The van der Waals surface area contributed by atoms with Crippen LogP contribution < -0.4 is 0 Å². The van der Waals surface area contributed by atoms with Crippen LogP contribution in [0.1, 0.15) is 28.4 Å². The zero-order valence-electron chi connectivity index (χ0n) is 14.1. The molecule has 0 bridgehead atoms. The van der Waals surface area contributed by atoms with Gasteiger partial charge in [0.1, 0.15) is 0 Å². The highest BCUT2D eigenvalue weighted by atomic mass is 16.5. The Labute approximate surface area is 146 Å². The van der Waals surface area contributed by atoms with E-state index in [1.165, 1.54) is 0 Å². The largest absolute Gasteiger partial charge is 0.479 e. The topological polar surface area (TPSA) is 66.8 Å². The molecule has 0 radical (unpaired) electrons. The van der Waals surface area contributed by atoms with Crippen molar-refractivity contribution in [3.8, 4) is 0 Å². The van der Waals surface area contributed by atoms with Gasteiger partial charge in [-0.3, -0.25) is 4.79 Å². The number of rotatable bonds is 4. The van der Waals surface area contributed by atoms with Crippen LogP contribution >= 0.6 is 0 Å². The normalized spacial score (nSPS) is 20.3. The summed E-state index contributed by atoms with van der Waals surface area (Å²) in [6, 6.07) is 17.5. The number of benzene rings is 2. The molecular weight excluding hydrogens is 318 g/mol. The number of hydrogen-bond acceptors (Lipinski definition) is 3. The van der Waals surface area contributed by atoms with Crippen LogP contribution in [-0.2, 0) is 16.0 Å². The minimum Gasteiger partial charge on any atom is -0.479 e. The molecule has 130 valence electrons. The van der Waals surface area contributed by atoms with Gasteiger partial charge in [-0.1, -0.05) is 48.5 Å². The highest BCUT2D eigenvalue weighted by molar-refractivity contribution is 5.96. The van der Waals surface area contributed by atoms with E-state index in [4.69, 9.17) is 4.74 Å². The molecule has 5 nitrogen and oxygen atoms in total. The molecule has 3 rings (SSSR count). The molecule has 1 N–H and O–H groups in total. The second-order valence-electron chi connectivity index (χ2n) is 6.30. The van der Waals surface area contributed by atoms with Gasteiger partial charge >= 0.3 is 5.97 Å². The first-order valence-electron chi connectivity index (χ1n) is 8.34. The van der Waals surface area contributed by atoms with Crippen molar-refractivity contribution < 1.29 is 19.4 Å². The molecule has 25 heavy (non-hydrogen) atoms. The van der Waals surface area contributed by atoms with E-state index in [1.807, 2.05) is 48.5 Å². The number of hydrogen-bond donors (Lipinski definition) is 1. The van der Waals surface area contributed by atoms with Gasteiger partial charge < -0.3 is 14.7 Å². The van der Waals surface area contributed by atoms with Crippen LogP contribution in [0.2, 0.25) is 0 Å². The van der Waals surface area contributed by atoms with E-state index in [9.17, 15) is 14.7 Å². The van der Waals surface area contributed by atoms with E-state index in [2.05, 4.69) is 0 Å². The molecule has 2 atom stereocenters. The Hall–Kier alpha value is -2.66. The Morgan fingerprint density at radius 3 is 2.48 bits per heavy atom. The van der Waals surface area contributed by atoms with E-state index < -0.39 is 12.1 Å². The summed E-state index contributed by atoms with van der Waals surface area (Å²) in [6.45, 7) is 2.24. The number of carbonyl (C=O) groups excluding carboxylic acids is 1. The summed E-state index contributed by atoms with van der Waals surface area (Å²) >= 11 is 0. The van der Waals surface area contributed by atoms with Gasteiger partial charge in [-0.05, 0) is 30.5 Å². The summed E-state index contributed by atoms with van der Waals surface area (Å²) in [5.74, 6) is -1.19. The van der Waals surface area contributed by atoms with Gasteiger partial charge in [-0.25, -0.2) is 4.79 Å². The molecule has 1 heterocycles. The Balaban J connectivity index is 1.83. The van der Waals surface area contributed by atoms with Gasteiger partial charge in [0.25, 0.3) is 5.91 Å². The summed E-state index contributed by atoms with van der Waals surface area (Å²) in [5.41, 5.74) is 2.68. The fraction of sp³-hybridized carbons (Fsp3) is 0.300. The summed E-state index contributed by atoms with van der Waals surface area (Å²) in [4.78, 5) is 25.8. The van der Waals surface area contributed by atoms with E-state index in [0.717, 1.165) is 11.1 Å². The number of ether oxygens (including phenoxy) is 1. The van der Waals surface area contributed by atoms with Crippen molar-refractivity contribution in [2.75, 3.05) is 13.1 Å². The molecule has 2 aromatic rings. The predicted molar refractivity (Wildman–Crippen MR) is 93.6 cm³/mol. The van der Waals surface area contributed by atoms with Crippen molar-refractivity contribution >= 4 is 11.9 Å². The summed E-state index contributed by atoms with van der Waals surface area (Å²) in [7, 11) is 0. The third kappa shape index (κ3) is 4.06. The van der Waals surface area contributed by atoms with Gasteiger partial charge in [0.15, 0.2) is 6.10 Å². The van der Waals surface area contributed by atoms with Crippen LogP contribution in [-0.4, -0.2) is 47.2 Å². The van der Waals surface area contributed by atoms with Gasteiger partial charge in [0, 0.05) is 12.1 Å². The Kier molecular flexibility index (Phi) is 5.14. The average molecular weight is 339 g/mol. The first kappa shape index (κ1) is 17.2. The smallest absolute Gasteiger partial charge is 0.334 e.